The quantitative estimate of drug-likeness (QED) is 0.780. The average molecular weight is 432 g/mol. The van der Waals surface area contributed by atoms with E-state index >= 15 is 0 Å². The summed E-state index contributed by atoms with van der Waals surface area (Å²) in [5.74, 6) is 0. The van der Waals surface area contributed by atoms with Crippen molar-refractivity contribution in [1.82, 2.24) is 5.32 Å². The SMILES string of the molecule is O=S(=O)(Nc1ccc(Br)cc1Br)c1ccc2c(c1)CNC2. The van der Waals surface area contributed by atoms with Gasteiger partial charge in [-0.25, -0.2) is 8.42 Å². The molecule has 0 aromatic heterocycles. The number of hydrogen-bond donors (Lipinski definition) is 2. The van der Waals surface area contributed by atoms with Crippen molar-refractivity contribution in [3.63, 3.8) is 0 Å². The molecule has 0 atom stereocenters. The summed E-state index contributed by atoms with van der Waals surface area (Å²) in [7, 11) is -3.59. The van der Waals surface area contributed by atoms with Gasteiger partial charge in [0.25, 0.3) is 10.0 Å². The molecule has 7 heteroatoms. The van der Waals surface area contributed by atoms with Gasteiger partial charge in [0, 0.05) is 22.0 Å². The van der Waals surface area contributed by atoms with Gasteiger partial charge in [0.1, 0.15) is 0 Å². The lowest BCUT2D eigenvalue weighted by Crippen LogP contribution is -2.13. The second kappa shape index (κ2) is 5.72. The van der Waals surface area contributed by atoms with Crippen molar-refractivity contribution in [2.75, 3.05) is 4.72 Å². The molecule has 0 aliphatic carbocycles. The third kappa shape index (κ3) is 3.15. The third-order valence-corrected chi connectivity index (χ3v) is 5.81. The van der Waals surface area contributed by atoms with E-state index in [-0.39, 0.29) is 4.90 Å². The van der Waals surface area contributed by atoms with Gasteiger partial charge in [0.2, 0.25) is 0 Å². The van der Waals surface area contributed by atoms with Gasteiger partial charge in [-0.3, -0.25) is 4.72 Å². The Morgan fingerprint density at radius 3 is 2.52 bits per heavy atom. The van der Waals surface area contributed by atoms with Crippen LogP contribution in [0, 0.1) is 0 Å². The number of sulfonamides is 1. The van der Waals surface area contributed by atoms with Crippen LogP contribution in [0.2, 0.25) is 0 Å². The standard InChI is InChI=1S/C14H12Br2N2O2S/c15-11-2-4-14(13(16)6-11)18-21(19,20)12-3-1-9-7-17-8-10(9)5-12/h1-6,17-18H,7-8H2. The molecular weight excluding hydrogens is 420 g/mol. The zero-order valence-electron chi connectivity index (χ0n) is 10.9. The van der Waals surface area contributed by atoms with E-state index in [1.165, 1.54) is 0 Å². The zero-order chi connectivity index (χ0) is 15.0. The van der Waals surface area contributed by atoms with Gasteiger partial charge in [0.15, 0.2) is 0 Å². The Balaban J connectivity index is 1.93. The van der Waals surface area contributed by atoms with Gasteiger partial charge in [-0.2, -0.15) is 0 Å². The number of rotatable bonds is 3. The van der Waals surface area contributed by atoms with E-state index in [2.05, 4.69) is 41.9 Å². The molecule has 2 N–H and O–H groups in total. The molecule has 110 valence electrons. The van der Waals surface area contributed by atoms with Crippen LogP contribution in [0.3, 0.4) is 0 Å². The molecule has 0 spiro atoms. The minimum Gasteiger partial charge on any atom is -0.309 e. The van der Waals surface area contributed by atoms with Crippen LogP contribution in [0.4, 0.5) is 5.69 Å². The lowest BCUT2D eigenvalue weighted by molar-refractivity contribution is 0.601. The molecule has 0 saturated heterocycles. The topological polar surface area (TPSA) is 58.2 Å². The van der Waals surface area contributed by atoms with Crippen molar-refractivity contribution in [3.8, 4) is 0 Å². The van der Waals surface area contributed by atoms with Crippen molar-refractivity contribution in [2.24, 2.45) is 0 Å². The molecule has 1 aliphatic rings. The van der Waals surface area contributed by atoms with Crippen molar-refractivity contribution in [1.29, 1.82) is 0 Å². The smallest absolute Gasteiger partial charge is 0.261 e. The number of fused-ring (bicyclic) bond motifs is 1. The maximum absolute atomic E-state index is 12.5. The fraction of sp³-hybridized carbons (Fsp3) is 0.143. The summed E-state index contributed by atoms with van der Waals surface area (Å²) in [6.45, 7) is 1.50. The Hall–Kier alpha value is -0.890. The highest BCUT2D eigenvalue weighted by molar-refractivity contribution is 9.11. The van der Waals surface area contributed by atoms with Gasteiger partial charge < -0.3 is 5.32 Å². The van der Waals surface area contributed by atoms with E-state index in [9.17, 15) is 8.42 Å². The summed E-state index contributed by atoms with van der Waals surface area (Å²) in [4.78, 5) is 0.278. The zero-order valence-corrected chi connectivity index (χ0v) is 14.8. The van der Waals surface area contributed by atoms with Crippen LogP contribution in [0.1, 0.15) is 11.1 Å². The monoisotopic (exact) mass is 430 g/mol. The van der Waals surface area contributed by atoms with E-state index in [1.807, 2.05) is 6.07 Å². The molecule has 0 fully saturated rings. The summed E-state index contributed by atoms with van der Waals surface area (Å²) < 4.78 is 29.1. The fourth-order valence-electron chi connectivity index (χ4n) is 2.21. The maximum atomic E-state index is 12.5. The minimum absolute atomic E-state index is 0.278. The molecule has 2 aromatic rings. The number of halogens is 2. The van der Waals surface area contributed by atoms with Crippen LogP contribution >= 0.6 is 31.9 Å². The largest absolute Gasteiger partial charge is 0.309 e. The van der Waals surface area contributed by atoms with Crippen molar-refractivity contribution < 1.29 is 8.42 Å². The highest BCUT2D eigenvalue weighted by Crippen LogP contribution is 2.29. The molecular formula is C14H12Br2N2O2S. The van der Waals surface area contributed by atoms with E-state index in [4.69, 9.17) is 0 Å². The summed E-state index contributed by atoms with van der Waals surface area (Å²) in [5.41, 5.74) is 2.70. The van der Waals surface area contributed by atoms with E-state index in [0.717, 1.165) is 22.1 Å². The lowest BCUT2D eigenvalue weighted by atomic mass is 10.1. The van der Waals surface area contributed by atoms with Crippen molar-refractivity contribution >= 4 is 47.6 Å². The minimum atomic E-state index is -3.59. The first-order valence-corrected chi connectivity index (χ1v) is 9.33. The molecule has 1 aliphatic heterocycles. The Bertz CT molecular complexity index is 807. The molecule has 0 amide bonds. The molecule has 0 bridgehead atoms. The molecule has 0 saturated carbocycles. The molecule has 21 heavy (non-hydrogen) atoms. The second-order valence-electron chi connectivity index (χ2n) is 4.76. The average Bonchev–Trinajstić information content (AvgIpc) is 2.89. The van der Waals surface area contributed by atoms with Crippen LogP contribution in [0.5, 0.6) is 0 Å². The van der Waals surface area contributed by atoms with Gasteiger partial charge in [0.05, 0.1) is 10.6 Å². The maximum Gasteiger partial charge on any atom is 0.261 e. The van der Waals surface area contributed by atoms with E-state index in [0.29, 0.717) is 16.7 Å². The first kappa shape index (κ1) is 15.0. The van der Waals surface area contributed by atoms with E-state index in [1.54, 1.807) is 30.3 Å². The number of anilines is 1. The van der Waals surface area contributed by atoms with Gasteiger partial charge in [-0.05, 0) is 57.4 Å². The van der Waals surface area contributed by atoms with Crippen LogP contribution in [0.25, 0.3) is 0 Å². The predicted molar refractivity (Wildman–Crippen MR) is 89.6 cm³/mol. The van der Waals surface area contributed by atoms with Gasteiger partial charge >= 0.3 is 0 Å². The molecule has 4 nitrogen and oxygen atoms in total. The Morgan fingerprint density at radius 1 is 1.00 bits per heavy atom. The second-order valence-corrected chi connectivity index (χ2v) is 8.22. The van der Waals surface area contributed by atoms with E-state index < -0.39 is 10.0 Å². The predicted octanol–water partition coefficient (Wildman–Crippen LogP) is 3.62. The summed E-state index contributed by atoms with van der Waals surface area (Å²) >= 11 is 6.70. The van der Waals surface area contributed by atoms with Crippen molar-refractivity contribution in [3.05, 3.63) is 56.5 Å². The number of hydrogen-bond acceptors (Lipinski definition) is 3. The molecule has 0 unspecified atom stereocenters. The van der Waals surface area contributed by atoms with Crippen molar-refractivity contribution in [2.45, 2.75) is 18.0 Å². The fourth-order valence-corrected chi connectivity index (χ4v) is 4.62. The molecule has 0 radical (unpaired) electrons. The Labute approximate surface area is 140 Å². The summed E-state index contributed by atoms with van der Waals surface area (Å²) in [6, 6.07) is 10.5. The lowest BCUT2D eigenvalue weighted by Gasteiger charge is -2.11. The van der Waals surface area contributed by atoms with Crippen LogP contribution in [-0.4, -0.2) is 8.42 Å². The van der Waals surface area contributed by atoms with Crippen LogP contribution in [-0.2, 0) is 23.1 Å². The summed E-state index contributed by atoms with van der Waals surface area (Å²) in [6.07, 6.45) is 0. The van der Waals surface area contributed by atoms with Crippen LogP contribution in [0.15, 0.2) is 50.2 Å². The van der Waals surface area contributed by atoms with Gasteiger partial charge in [-0.1, -0.05) is 22.0 Å². The number of benzene rings is 2. The third-order valence-electron chi connectivity index (χ3n) is 3.29. The van der Waals surface area contributed by atoms with Crippen LogP contribution < -0.4 is 10.0 Å². The molecule has 1 heterocycles. The molecule has 2 aromatic carbocycles. The van der Waals surface area contributed by atoms with Gasteiger partial charge in [-0.15, -0.1) is 0 Å². The Kier molecular flexibility index (Phi) is 4.09. The number of nitrogens with one attached hydrogen (secondary N) is 2. The first-order valence-electron chi connectivity index (χ1n) is 6.26. The Morgan fingerprint density at radius 2 is 1.76 bits per heavy atom. The normalized spacial score (nSPS) is 14.0. The molecule has 3 rings (SSSR count). The highest BCUT2D eigenvalue weighted by atomic mass is 79.9. The first-order chi connectivity index (χ1) is 9.95. The highest BCUT2D eigenvalue weighted by Gasteiger charge is 2.19. The summed E-state index contributed by atoms with van der Waals surface area (Å²) in [5, 5.41) is 3.20.